The van der Waals surface area contributed by atoms with Gasteiger partial charge >= 0.3 is 0 Å². The molecule has 7 nitrogen and oxygen atoms in total. The van der Waals surface area contributed by atoms with Crippen LogP contribution in [0.3, 0.4) is 0 Å². The summed E-state index contributed by atoms with van der Waals surface area (Å²) in [6.07, 6.45) is 0. The van der Waals surface area contributed by atoms with Gasteiger partial charge in [-0.15, -0.1) is 0 Å². The van der Waals surface area contributed by atoms with Crippen LogP contribution in [0.25, 0.3) is 11.3 Å². The first kappa shape index (κ1) is 23.3. The first-order chi connectivity index (χ1) is 16.3. The van der Waals surface area contributed by atoms with Crippen LogP contribution in [0.1, 0.15) is 41.3 Å². The van der Waals surface area contributed by atoms with Crippen molar-refractivity contribution in [3.63, 3.8) is 0 Å². The molecule has 2 heterocycles. The Balaban J connectivity index is 1.50. The highest BCUT2D eigenvalue weighted by atomic mass is 16.5. The second-order valence-electron chi connectivity index (χ2n) is 8.50. The van der Waals surface area contributed by atoms with E-state index in [4.69, 9.17) is 9.47 Å². The van der Waals surface area contributed by atoms with Crippen LogP contribution >= 0.6 is 0 Å². The average Bonchev–Trinajstić information content (AvgIpc) is 3.14. The molecule has 4 aromatic rings. The summed E-state index contributed by atoms with van der Waals surface area (Å²) in [5.74, 6) is 3.13. The van der Waals surface area contributed by atoms with Crippen LogP contribution in [0.15, 0.2) is 54.6 Å². The molecule has 0 radical (unpaired) electrons. The third-order valence-corrected chi connectivity index (χ3v) is 5.75. The van der Waals surface area contributed by atoms with Crippen molar-refractivity contribution in [2.75, 3.05) is 12.4 Å². The lowest BCUT2D eigenvalue weighted by Crippen LogP contribution is -2.10. The first-order valence-electron chi connectivity index (χ1n) is 11.3. The molecule has 0 aliphatic heterocycles. The maximum absolute atomic E-state index is 6.03. The number of aryl methyl sites for hydroxylation is 4. The van der Waals surface area contributed by atoms with Crippen molar-refractivity contribution >= 4 is 5.82 Å². The topological polar surface area (TPSA) is 74.1 Å². The standard InChI is InChI=1S/C27H31N5O2/c1-17-10-11-22(14-26(17)33-6)25-15-27(30-20(4)29-25)28-19(3)21-8-7-9-24(13-21)34-16-23-12-18(2)31-32(23)5/h7-15,19H,16H2,1-6H3,(H,28,29,30). The molecule has 2 aromatic heterocycles. The van der Waals surface area contributed by atoms with E-state index in [0.29, 0.717) is 12.4 Å². The summed E-state index contributed by atoms with van der Waals surface area (Å²) >= 11 is 0. The van der Waals surface area contributed by atoms with Crippen molar-refractivity contribution in [2.45, 2.75) is 40.3 Å². The van der Waals surface area contributed by atoms with Gasteiger partial charge in [-0.25, -0.2) is 9.97 Å². The molecule has 0 saturated carbocycles. The van der Waals surface area contributed by atoms with E-state index in [0.717, 1.165) is 51.1 Å². The van der Waals surface area contributed by atoms with E-state index in [1.54, 1.807) is 7.11 Å². The van der Waals surface area contributed by atoms with Gasteiger partial charge in [-0.2, -0.15) is 5.10 Å². The molecule has 1 N–H and O–H groups in total. The number of nitrogens with zero attached hydrogens (tertiary/aromatic N) is 4. The number of methoxy groups -OCH3 is 1. The van der Waals surface area contributed by atoms with Gasteiger partial charge < -0.3 is 14.8 Å². The maximum atomic E-state index is 6.03. The lowest BCUT2D eigenvalue weighted by atomic mass is 10.1. The molecular formula is C27H31N5O2. The second kappa shape index (κ2) is 9.95. The number of rotatable bonds is 8. The third-order valence-electron chi connectivity index (χ3n) is 5.75. The summed E-state index contributed by atoms with van der Waals surface area (Å²) in [6.45, 7) is 8.48. The minimum Gasteiger partial charge on any atom is -0.496 e. The zero-order valence-corrected chi connectivity index (χ0v) is 20.6. The van der Waals surface area contributed by atoms with E-state index in [1.165, 1.54) is 0 Å². The molecule has 0 bridgehead atoms. The summed E-state index contributed by atoms with van der Waals surface area (Å²) in [4.78, 5) is 9.23. The Labute approximate surface area is 200 Å². The molecule has 0 aliphatic rings. The molecule has 176 valence electrons. The van der Waals surface area contributed by atoms with Crippen molar-refractivity contribution < 1.29 is 9.47 Å². The fourth-order valence-corrected chi connectivity index (χ4v) is 3.90. The number of hydrogen-bond donors (Lipinski definition) is 1. The van der Waals surface area contributed by atoms with Gasteiger partial charge in [0.25, 0.3) is 0 Å². The van der Waals surface area contributed by atoms with Crippen molar-refractivity contribution in [3.8, 4) is 22.8 Å². The van der Waals surface area contributed by atoms with E-state index in [9.17, 15) is 0 Å². The van der Waals surface area contributed by atoms with Gasteiger partial charge in [0.05, 0.1) is 30.2 Å². The van der Waals surface area contributed by atoms with Crippen molar-refractivity contribution in [3.05, 3.63) is 82.9 Å². The molecule has 7 heteroatoms. The molecule has 1 unspecified atom stereocenters. The minimum atomic E-state index is 0.0252. The van der Waals surface area contributed by atoms with Gasteiger partial charge in [0, 0.05) is 18.7 Å². The molecule has 0 fully saturated rings. The van der Waals surface area contributed by atoms with Gasteiger partial charge in [0.2, 0.25) is 0 Å². The number of hydrogen-bond acceptors (Lipinski definition) is 6. The average molecular weight is 458 g/mol. The maximum Gasteiger partial charge on any atom is 0.130 e. The van der Waals surface area contributed by atoms with Gasteiger partial charge in [0.15, 0.2) is 0 Å². The molecule has 0 spiro atoms. The molecule has 0 aliphatic carbocycles. The van der Waals surface area contributed by atoms with Gasteiger partial charge in [-0.1, -0.05) is 24.3 Å². The Morgan fingerprint density at radius 2 is 1.82 bits per heavy atom. The smallest absolute Gasteiger partial charge is 0.130 e. The highest BCUT2D eigenvalue weighted by Gasteiger charge is 2.12. The largest absolute Gasteiger partial charge is 0.496 e. The molecule has 1 atom stereocenters. The van der Waals surface area contributed by atoms with E-state index < -0.39 is 0 Å². The predicted molar refractivity (Wildman–Crippen MR) is 134 cm³/mol. The van der Waals surface area contributed by atoms with Crippen molar-refractivity contribution in [1.29, 1.82) is 0 Å². The molecular weight excluding hydrogens is 426 g/mol. The fraction of sp³-hybridized carbons (Fsp3) is 0.296. The van der Waals surface area contributed by atoms with E-state index in [2.05, 4.69) is 45.5 Å². The lowest BCUT2D eigenvalue weighted by molar-refractivity contribution is 0.294. The second-order valence-corrected chi connectivity index (χ2v) is 8.50. The molecule has 0 amide bonds. The quantitative estimate of drug-likeness (QED) is 0.373. The Hall–Kier alpha value is -3.87. The predicted octanol–water partition coefficient (Wildman–Crippen LogP) is 5.56. The summed E-state index contributed by atoms with van der Waals surface area (Å²) < 4.78 is 13.4. The van der Waals surface area contributed by atoms with E-state index >= 15 is 0 Å². The molecule has 4 rings (SSSR count). The minimum absolute atomic E-state index is 0.0252. The van der Waals surface area contributed by atoms with Crippen LogP contribution in [0.4, 0.5) is 5.82 Å². The fourth-order valence-electron chi connectivity index (χ4n) is 3.90. The van der Waals surface area contributed by atoms with Gasteiger partial charge in [-0.3, -0.25) is 4.68 Å². The SMILES string of the molecule is COc1cc(-c2cc(NC(C)c3cccc(OCc4cc(C)nn4C)c3)nc(C)n2)ccc1C. The van der Waals surface area contributed by atoms with Gasteiger partial charge in [0.1, 0.15) is 29.7 Å². The monoisotopic (exact) mass is 457 g/mol. The van der Waals surface area contributed by atoms with Crippen molar-refractivity contribution in [1.82, 2.24) is 19.7 Å². The number of aromatic nitrogens is 4. The van der Waals surface area contributed by atoms with Crippen LogP contribution in [-0.4, -0.2) is 26.9 Å². The normalized spacial score (nSPS) is 11.8. The van der Waals surface area contributed by atoms with Crippen LogP contribution in [-0.2, 0) is 13.7 Å². The summed E-state index contributed by atoms with van der Waals surface area (Å²) in [5, 5.41) is 7.88. The zero-order valence-electron chi connectivity index (χ0n) is 20.6. The van der Waals surface area contributed by atoms with Crippen LogP contribution < -0.4 is 14.8 Å². The molecule has 0 saturated heterocycles. The van der Waals surface area contributed by atoms with Gasteiger partial charge in [-0.05, 0) is 63.1 Å². The Morgan fingerprint density at radius 3 is 2.56 bits per heavy atom. The summed E-state index contributed by atoms with van der Waals surface area (Å²) in [5.41, 5.74) is 6.05. The number of benzene rings is 2. The zero-order chi connectivity index (χ0) is 24.2. The summed E-state index contributed by atoms with van der Waals surface area (Å²) in [6, 6.07) is 18.2. The Bertz CT molecular complexity index is 1300. The number of ether oxygens (including phenoxy) is 2. The van der Waals surface area contributed by atoms with Crippen LogP contribution in [0, 0.1) is 20.8 Å². The highest BCUT2D eigenvalue weighted by molar-refractivity contribution is 5.65. The third kappa shape index (κ3) is 5.36. The van der Waals surface area contributed by atoms with Crippen molar-refractivity contribution in [2.24, 2.45) is 7.05 Å². The number of nitrogens with one attached hydrogen (secondary N) is 1. The Morgan fingerprint density at radius 1 is 1.00 bits per heavy atom. The number of anilines is 1. The summed E-state index contributed by atoms with van der Waals surface area (Å²) in [7, 11) is 3.61. The molecule has 2 aromatic carbocycles. The molecule has 34 heavy (non-hydrogen) atoms. The van der Waals surface area contributed by atoms with Crippen LogP contribution in [0.2, 0.25) is 0 Å². The lowest BCUT2D eigenvalue weighted by Gasteiger charge is -2.17. The first-order valence-corrected chi connectivity index (χ1v) is 11.3. The van der Waals surface area contributed by atoms with E-state index in [-0.39, 0.29) is 6.04 Å². The Kier molecular flexibility index (Phi) is 6.82. The van der Waals surface area contributed by atoms with E-state index in [1.807, 2.05) is 68.9 Å². The highest BCUT2D eigenvalue weighted by Crippen LogP contribution is 2.28. The van der Waals surface area contributed by atoms with Crippen LogP contribution in [0.5, 0.6) is 11.5 Å².